The monoisotopic (exact) mass is 257 g/mol. The normalized spacial score (nSPS) is 15.0. The summed E-state index contributed by atoms with van der Waals surface area (Å²) in [5.41, 5.74) is 0.413. The lowest BCUT2D eigenvalue weighted by molar-refractivity contribution is 0.0932. The van der Waals surface area contributed by atoms with Crippen LogP contribution in [0.4, 0.5) is 0 Å². The molecule has 0 saturated carbocycles. The lowest BCUT2D eigenvalue weighted by Crippen LogP contribution is -2.29. The minimum atomic E-state index is -0.191. The van der Waals surface area contributed by atoms with E-state index in [-0.39, 0.29) is 11.9 Å². The second-order valence-corrected chi connectivity index (χ2v) is 4.64. The molecule has 98 valence electrons. The lowest BCUT2D eigenvalue weighted by Gasteiger charge is -2.13. The molecule has 1 N–H and O–H groups in total. The van der Waals surface area contributed by atoms with Gasteiger partial charge in [0.05, 0.1) is 6.04 Å². The van der Waals surface area contributed by atoms with Gasteiger partial charge in [-0.3, -0.25) is 9.78 Å². The summed E-state index contributed by atoms with van der Waals surface area (Å²) in [4.78, 5) is 16.1. The molecule has 0 aliphatic carbocycles. The van der Waals surface area contributed by atoms with Crippen molar-refractivity contribution in [3.8, 4) is 0 Å². The van der Waals surface area contributed by atoms with Gasteiger partial charge in [-0.05, 0) is 25.5 Å². The number of aromatic nitrogens is 4. The number of aryl methyl sites for hydroxylation is 1. The van der Waals surface area contributed by atoms with E-state index in [1.807, 2.05) is 6.92 Å². The zero-order valence-corrected chi connectivity index (χ0v) is 10.7. The van der Waals surface area contributed by atoms with Crippen molar-refractivity contribution in [1.29, 1.82) is 0 Å². The quantitative estimate of drug-likeness (QED) is 0.894. The molecule has 0 spiro atoms. The van der Waals surface area contributed by atoms with Crippen LogP contribution in [0.3, 0.4) is 0 Å². The van der Waals surface area contributed by atoms with E-state index in [9.17, 15) is 4.79 Å². The summed E-state index contributed by atoms with van der Waals surface area (Å²) in [6.07, 6.45) is 3.67. The molecule has 2 aromatic rings. The van der Waals surface area contributed by atoms with Gasteiger partial charge in [0.2, 0.25) is 0 Å². The van der Waals surface area contributed by atoms with Crippen molar-refractivity contribution in [2.24, 2.45) is 0 Å². The zero-order valence-electron chi connectivity index (χ0n) is 10.7. The van der Waals surface area contributed by atoms with Crippen molar-refractivity contribution in [2.45, 2.75) is 32.4 Å². The molecule has 0 bridgehead atoms. The van der Waals surface area contributed by atoms with Gasteiger partial charge in [0.1, 0.15) is 11.5 Å². The Morgan fingerprint density at radius 2 is 2.32 bits per heavy atom. The van der Waals surface area contributed by atoms with Crippen molar-refractivity contribution in [2.75, 3.05) is 0 Å². The average molecular weight is 257 g/mol. The summed E-state index contributed by atoms with van der Waals surface area (Å²) in [6, 6.07) is 5.09. The Bertz CT molecular complexity index is 592. The Morgan fingerprint density at radius 3 is 3.11 bits per heavy atom. The van der Waals surface area contributed by atoms with Gasteiger partial charge in [-0.25, -0.2) is 0 Å². The van der Waals surface area contributed by atoms with Crippen molar-refractivity contribution < 1.29 is 4.79 Å². The first-order chi connectivity index (χ1) is 9.25. The predicted molar refractivity (Wildman–Crippen MR) is 68.5 cm³/mol. The van der Waals surface area contributed by atoms with Crippen molar-refractivity contribution in [3.05, 3.63) is 41.7 Å². The fourth-order valence-corrected chi connectivity index (χ4v) is 2.33. The molecule has 6 heteroatoms. The fraction of sp³-hybridized carbons (Fsp3) is 0.385. The molecular weight excluding hydrogens is 242 g/mol. The molecule has 2 aromatic heterocycles. The number of amides is 1. The maximum atomic E-state index is 12.0. The molecular formula is C13H15N5O. The van der Waals surface area contributed by atoms with Gasteiger partial charge in [-0.1, -0.05) is 6.07 Å². The molecule has 3 heterocycles. The van der Waals surface area contributed by atoms with E-state index >= 15 is 0 Å². The van der Waals surface area contributed by atoms with Gasteiger partial charge in [0, 0.05) is 19.2 Å². The van der Waals surface area contributed by atoms with Crippen LogP contribution >= 0.6 is 0 Å². The number of hydrogen-bond donors (Lipinski definition) is 1. The van der Waals surface area contributed by atoms with E-state index in [4.69, 9.17) is 0 Å². The molecule has 0 aromatic carbocycles. The second-order valence-electron chi connectivity index (χ2n) is 4.64. The summed E-state index contributed by atoms with van der Waals surface area (Å²) in [6.45, 7) is 2.85. The van der Waals surface area contributed by atoms with E-state index in [2.05, 4.69) is 25.1 Å². The number of fused-ring (bicyclic) bond motifs is 1. The molecule has 1 aliphatic rings. The lowest BCUT2D eigenvalue weighted by atomic mass is 10.2. The van der Waals surface area contributed by atoms with Crippen LogP contribution in [0, 0.1) is 0 Å². The van der Waals surface area contributed by atoms with Crippen LogP contribution in [-0.4, -0.2) is 25.7 Å². The molecule has 0 saturated heterocycles. The number of pyridine rings is 1. The van der Waals surface area contributed by atoms with E-state index in [1.54, 1.807) is 24.4 Å². The Morgan fingerprint density at radius 1 is 1.42 bits per heavy atom. The Labute approximate surface area is 110 Å². The molecule has 19 heavy (non-hydrogen) atoms. The smallest absolute Gasteiger partial charge is 0.270 e. The first-order valence-corrected chi connectivity index (χ1v) is 6.39. The molecule has 1 aliphatic heterocycles. The third-order valence-electron chi connectivity index (χ3n) is 3.27. The first-order valence-electron chi connectivity index (χ1n) is 6.39. The molecule has 1 atom stereocenters. The summed E-state index contributed by atoms with van der Waals surface area (Å²) in [7, 11) is 0. The number of carbonyl (C=O) groups is 1. The van der Waals surface area contributed by atoms with Crippen molar-refractivity contribution in [3.63, 3.8) is 0 Å². The van der Waals surface area contributed by atoms with E-state index in [0.717, 1.165) is 31.0 Å². The largest absolute Gasteiger partial charge is 0.341 e. The molecule has 0 unspecified atom stereocenters. The SMILES string of the molecule is C[C@@H](NC(=O)c1ccccn1)c1nnc2n1CCC2. The van der Waals surface area contributed by atoms with Crippen molar-refractivity contribution in [1.82, 2.24) is 25.1 Å². The highest BCUT2D eigenvalue weighted by atomic mass is 16.1. The van der Waals surface area contributed by atoms with E-state index < -0.39 is 0 Å². The van der Waals surface area contributed by atoms with Crippen LogP contribution in [0.15, 0.2) is 24.4 Å². The van der Waals surface area contributed by atoms with Crippen LogP contribution < -0.4 is 5.32 Å². The molecule has 6 nitrogen and oxygen atoms in total. The van der Waals surface area contributed by atoms with E-state index in [0.29, 0.717) is 5.69 Å². The highest BCUT2D eigenvalue weighted by Gasteiger charge is 2.22. The first kappa shape index (κ1) is 11.8. The van der Waals surface area contributed by atoms with Gasteiger partial charge in [-0.15, -0.1) is 10.2 Å². The topological polar surface area (TPSA) is 72.7 Å². The fourth-order valence-electron chi connectivity index (χ4n) is 2.33. The standard InChI is InChI=1S/C13H15N5O/c1-9(12-17-16-11-6-4-8-18(11)12)15-13(19)10-5-2-3-7-14-10/h2-3,5,7,9H,4,6,8H2,1H3,(H,15,19)/t9-/m1/s1. The Hall–Kier alpha value is -2.24. The zero-order chi connectivity index (χ0) is 13.2. The van der Waals surface area contributed by atoms with Crippen LogP contribution in [0.5, 0.6) is 0 Å². The minimum Gasteiger partial charge on any atom is -0.341 e. The maximum absolute atomic E-state index is 12.0. The number of rotatable bonds is 3. The van der Waals surface area contributed by atoms with Gasteiger partial charge >= 0.3 is 0 Å². The number of nitrogens with one attached hydrogen (secondary N) is 1. The Balaban J connectivity index is 1.75. The van der Waals surface area contributed by atoms with Crippen molar-refractivity contribution >= 4 is 5.91 Å². The highest BCUT2D eigenvalue weighted by Crippen LogP contribution is 2.19. The number of nitrogens with zero attached hydrogens (tertiary/aromatic N) is 4. The summed E-state index contributed by atoms with van der Waals surface area (Å²) < 4.78 is 2.09. The van der Waals surface area contributed by atoms with Gasteiger partial charge < -0.3 is 9.88 Å². The Kier molecular flexibility index (Phi) is 2.98. The number of hydrogen-bond acceptors (Lipinski definition) is 4. The van der Waals surface area contributed by atoms with Gasteiger partial charge in [-0.2, -0.15) is 0 Å². The molecule has 1 amide bonds. The van der Waals surface area contributed by atoms with Crippen LogP contribution in [0.2, 0.25) is 0 Å². The average Bonchev–Trinajstić information content (AvgIpc) is 3.01. The number of carbonyl (C=O) groups excluding carboxylic acids is 1. The second kappa shape index (κ2) is 4.79. The molecule has 0 fully saturated rings. The summed E-state index contributed by atoms with van der Waals surface area (Å²) in [5, 5.41) is 11.2. The van der Waals surface area contributed by atoms with Crippen LogP contribution in [-0.2, 0) is 13.0 Å². The van der Waals surface area contributed by atoms with Crippen LogP contribution in [0.25, 0.3) is 0 Å². The summed E-state index contributed by atoms with van der Waals surface area (Å²) in [5.74, 6) is 1.63. The third-order valence-corrected chi connectivity index (χ3v) is 3.27. The third kappa shape index (κ3) is 2.21. The van der Waals surface area contributed by atoms with Crippen LogP contribution in [0.1, 0.15) is 41.5 Å². The summed E-state index contributed by atoms with van der Waals surface area (Å²) >= 11 is 0. The maximum Gasteiger partial charge on any atom is 0.270 e. The van der Waals surface area contributed by atoms with E-state index in [1.165, 1.54) is 0 Å². The predicted octanol–water partition coefficient (Wildman–Crippen LogP) is 1.11. The van der Waals surface area contributed by atoms with Gasteiger partial charge in [0.15, 0.2) is 5.82 Å². The highest BCUT2D eigenvalue weighted by molar-refractivity contribution is 5.92. The minimum absolute atomic E-state index is 0.172. The molecule has 0 radical (unpaired) electrons. The molecule has 3 rings (SSSR count). The van der Waals surface area contributed by atoms with Gasteiger partial charge in [0.25, 0.3) is 5.91 Å².